The van der Waals surface area contributed by atoms with Crippen LogP contribution in [0.25, 0.3) is 0 Å². The number of ketones is 1. The fourth-order valence-electron chi connectivity index (χ4n) is 1.24. The first-order valence-electron chi connectivity index (χ1n) is 5.64. The van der Waals surface area contributed by atoms with Crippen molar-refractivity contribution in [3.63, 3.8) is 0 Å². The first-order chi connectivity index (χ1) is 8.69. The molecule has 104 valence electrons. The van der Waals surface area contributed by atoms with E-state index in [1.54, 1.807) is 20.8 Å². The van der Waals surface area contributed by atoms with Crippen LogP contribution in [0.15, 0.2) is 18.2 Å². The van der Waals surface area contributed by atoms with Crippen LogP contribution in [0.2, 0.25) is 5.02 Å². The molecule has 1 amide bonds. The summed E-state index contributed by atoms with van der Waals surface area (Å²) < 4.78 is 17.9. The molecule has 0 radical (unpaired) electrons. The third-order valence-electron chi connectivity index (χ3n) is 2.03. The Labute approximate surface area is 115 Å². The maximum Gasteiger partial charge on any atom is 0.408 e. The highest BCUT2D eigenvalue weighted by Gasteiger charge is 2.17. The van der Waals surface area contributed by atoms with Crippen molar-refractivity contribution in [3.05, 3.63) is 34.6 Å². The molecular formula is C13H15ClFNO3. The maximum absolute atomic E-state index is 12.9. The Hall–Kier alpha value is -1.62. The second kappa shape index (κ2) is 6.02. The van der Waals surface area contributed by atoms with Crippen molar-refractivity contribution in [2.45, 2.75) is 26.4 Å². The Morgan fingerprint density at radius 2 is 2.00 bits per heavy atom. The minimum Gasteiger partial charge on any atom is -0.444 e. The third kappa shape index (κ3) is 5.26. The number of hydrogen-bond acceptors (Lipinski definition) is 3. The van der Waals surface area contributed by atoms with Crippen LogP contribution in [0, 0.1) is 5.82 Å². The third-order valence-corrected chi connectivity index (χ3v) is 2.32. The molecule has 0 bridgehead atoms. The Balaban J connectivity index is 2.56. The lowest BCUT2D eigenvalue weighted by molar-refractivity contribution is 0.0520. The predicted octanol–water partition coefficient (Wildman–Crippen LogP) is 3.19. The lowest BCUT2D eigenvalue weighted by Crippen LogP contribution is -2.35. The minimum absolute atomic E-state index is 0.136. The zero-order chi connectivity index (χ0) is 14.6. The number of halogens is 2. The van der Waals surface area contributed by atoms with Gasteiger partial charge >= 0.3 is 6.09 Å². The van der Waals surface area contributed by atoms with E-state index in [-0.39, 0.29) is 22.9 Å². The van der Waals surface area contributed by atoms with E-state index in [9.17, 15) is 14.0 Å². The highest BCUT2D eigenvalue weighted by atomic mass is 35.5. The van der Waals surface area contributed by atoms with E-state index >= 15 is 0 Å². The monoisotopic (exact) mass is 287 g/mol. The zero-order valence-electron chi connectivity index (χ0n) is 10.9. The lowest BCUT2D eigenvalue weighted by Gasteiger charge is -2.19. The second-order valence-corrected chi connectivity index (χ2v) is 5.31. The first kappa shape index (κ1) is 15.4. The number of Topliss-reactive ketones (excluding diaryl/α,β-unsaturated/α-hetero) is 1. The number of ether oxygens (including phenoxy) is 1. The molecule has 0 aliphatic rings. The van der Waals surface area contributed by atoms with Crippen LogP contribution in [-0.4, -0.2) is 24.0 Å². The fourth-order valence-corrected chi connectivity index (χ4v) is 1.42. The average molecular weight is 288 g/mol. The molecule has 1 aromatic carbocycles. The summed E-state index contributed by atoms with van der Waals surface area (Å²) in [6, 6.07) is 3.62. The Bertz CT molecular complexity index is 497. The van der Waals surface area contributed by atoms with Crippen LogP contribution in [0.4, 0.5) is 9.18 Å². The number of carbonyl (C=O) groups is 2. The molecule has 0 unspecified atom stereocenters. The SMILES string of the molecule is CC(C)(C)OC(=O)NCC(=O)c1ccc(F)c(Cl)c1. The van der Waals surface area contributed by atoms with Gasteiger partial charge in [-0.15, -0.1) is 0 Å². The molecule has 0 saturated heterocycles. The Morgan fingerprint density at radius 1 is 1.37 bits per heavy atom. The summed E-state index contributed by atoms with van der Waals surface area (Å²) in [7, 11) is 0. The molecule has 1 rings (SSSR count). The molecule has 1 N–H and O–H groups in total. The number of hydrogen-bond donors (Lipinski definition) is 1. The molecule has 1 aromatic rings. The molecule has 0 saturated carbocycles. The maximum atomic E-state index is 12.9. The van der Waals surface area contributed by atoms with Gasteiger partial charge in [-0.2, -0.15) is 0 Å². The average Bonchev–Trinajstić information content (AvgIpc) is 2.27. The van der Waals surface area contributed by atoms with Crippen molar-refractivity contribution in [2.75, 3.05) is 6.54 Å². The minimum atomic E-state index is -0.686. The van der Waals surface area contributed by atoms with Crippen LogP contribution in [0.3, 0.4) is 0 Å². The molecule has 0 atom stereocenters. The van der Waals surface area contributed by atoms with E-state index in [0.717, 1.165) is 6.07 Å². The number of carbonyl (C=O) groups excluding carboxylic acids is 2. The van der Waals surface area contributed by atoms with Gasteiger partial charge in [0.15, 0.2) is 5.78 Å². The predicted molar refractivity (Wildman–Crippen MR) is 70.0 cm³/mol. The molecular weight excluding hydrogens is 273 g/mol. The van der Waals surface area contributed by atoms with Crippen LogP contribution in [-0.2, 0) is 4.74 Å². The summed E-state index contributed by atoms with van der Waals surface area (Å²) in [6.45, 7) is 4.91. The van der Waals surface area contributed by atoms with Crippen LogP contribution < -0.4 is 5.32 Å². The quantitative estimate of drug-likeness (QED) is 0.869. The summed E-state index contributed by atoms with van der Waals surface area (Å²) in [4.78, 5) is 23.1. The fraction of sp³-hybridized carbons (Fsp3) is 0.385. The Kier molecular flexibility index (Phi) is 4.89. The smallest absolute Gasteiger partial charge is 0.408 e. The van der Waals surface area contributed by atoms with Gasteiger partial charge in [0.2, 0.25) is 0 Å². The largest absolute Gasteiger partial charge is 0.444 e. The molecule has 0 aromatic heterocycles. The van der Waals surface area contributed by atoms with E-state index in [1.807, 2.05) is 0 Å². The van der Waals surface area contributed by atoms with E-state index in [0.29, 0.717) is 0 Å². The van der Waals surface area contributed by atoms with E-state index < -0.39 is 17.5 Å². The molecule has 0 aliphatic carbocycles. The number of benzene rings is 1. The first-order valence-corrected chi connectivity index (χ1v) is 6.02. The number of amides is 1. The van der Waals surface area contributed by atoms with Gasteiger partial charge in [0.05, 0.1) is 11.6 Å². The summed E-state index contributed by atoms with van der Waals surface area (Å²) in [5.41, 5.74) is -0.408. The van der Waals surface area contributed by atoms with Gasteiger partial charge in [0, 0.05) is 5.56 Å². The van der Waals surface area contributed by atoms with Crippen molar-refractivity contribution >= 4 is 23.5 Å². The van der Waals surface area contributed by atoms with E-state index in [2.05, 4.69) is 5.32 Å². The number of nitrogens with one attached hydrogen (secondary N) is 1. The Morgan fingerprint density at radius 3 is 2.53 bits per heavy atom. The standard InChI is InChI=1S/C13H15ClFNO3/c1-13(2,3)19-12(18)16-7-11(17)8-4-5-10(15)9(14)6-8/h4-6H,7H2,1-3H3,(H,16,18). The molecule has 4 nitrogen and oxygen atoms in total. The van der Waals surface area contributed by atoms with Gasteiger partial charge in [-0.3, -0.25) is 4.79 Å². The molecule has 0 heterocycles. The van der Waals surface area contributed by atoms with Gasteiger partial charge in [-0.05, 0) is 39.0 Å². The summed E-state index contributed by atoms with van der Waals surface area (Å²) in [5, 5.41) is 2.19. The molecule has 19 heavy (non-hydrogen) atoms. The van der Waals surface area contributed by atoms with Crippen LogP contribution in [0.1, 0.15) is 31.1 Å². The van der Waals surface area contributed by atoms with Crippen molar-refractivity contribution in [2.24, 2.45) is 0 Å². The molecule has 0 fully saturated rings. The summed E-state index contributed by atoms with van der Waals surface area (Å²) in [6.07, 6.45) is -0.686. The van der Waals surface area contributed by atoms with Gasteiger partial charge in [0.1, 0.15) is 11.4 Å². The van der Waals surface area contributed by atoms with Crippen molar-refractivity contribution in [1.82, 2.24) is 5.32 Å². The number of rotatable bonds is 3. The second-order valence-electron chi connectivity index (χ2n) is 4.91. The lowest BCUT2D eigenvalue weighted by atomic mass is 10.1. The van der Waals surface area contributed by atoms with Gasteiger partial charge in [-0.1, -0.05) is 11.6 Å². The van der Waals surface area contributed by atoms with E-state index in [4.69, 9.17) is 16.3 Å². The number of alkyl carbamates (subject to hydrolysis) is 1. The molecule has 6 heteroatoms. The van der Waals surface area contributed by atoms with Crippen molar-refractivity contribution < 1.29 is 18.7 Å². The van der Waals surface area contributed by atoms with Gasteiger partial charge in [-0.25, -0.2) is 9.18 Å². The van der Waals surface area contributed by atoms with Crippen molar-refractivity contribution in [3.8, 4) is 0 Å². The van der Waals surface area contributed by atoms with Crippen LogP contribution in [0.5, 0.6) is 0 Å². The topological polar surface area (TPSA) is 55.4 Å². The summed E-state index contributed by atoms with van der Waals surface area (Å²) in [5.74, 6) is -0.980. The highest BCUT2D eigenvalue weighted by Crippen LogP contribution is 2.16. The molecule has 0 spiro atoms. The van der Waals surface area contributed by atoms with Gasteiger partial charge in [0.25, 0.3) is 0 Å². The molecule has 0 aliphatic heterocycles. The summed E-state index contributed by atoms with van der Waals surface area (Å²) >= 11 is 5.57. The highest BCUT2D eigenvalue weighted by molar-refractivity contribution is 6.31. The van der Waals surface area contributed by atoms with Gasteiger partial charge < -0.3 is 10.1 Å². The van der Waals surface area contributed by atoms with Crippen molar-refractivity contribution in [1.29, 1.82) is 0 Å². The normalized spacial score (nSPS) is 11.0. The van der Waals surface area contributed by atoms with E-state index in [1.165, 1.54) is 12.1 Å². The zero-order valence-corrected chi connectivity index (χ0v) is 11.7. The van der Waals surface area contributed by atoms with Crippen LogP contribution >= 0.6 is 11.6 Å².